The Bertz CT molecular complexity index is 531. The fourth-order valence-electron chi connectivity index (χ4n) is 1.44. The van der Waals surface area contributed by atoms with E-state index in [-0.39, 0.29) is 5.56 Å². The first-order chi connectivity index (χ1) is 7.74. The number of H-pyrrole nitrogens is 1. The molecule has 16 heavy (non-hydrogen) atoms. The molecule has 84 valence electrons. The van der Waals surface area contributed by atoms with Crippen molar-refractivity contribution in [2.75, 3.05) is 0 Å². The Morgan fingerprint density at radius 3 is 2.56 bits per heavy atom. The summed E-state index contributed by atoms with van der Waals surface area (Å²) in [5.41, 5.74) is 5.43. The zero-order valence-electron chi connectivity index (χ0n) is 9.23. The Hall–Kier alpha value is -2.10. The first-order valence-electron chi connectivity index (χ1n) is 5.03. The molecule has 0 unspecified atom stereocenters. The monoisotopic (exact) mass is 217 g/mol. The van der Waals surface area contributed by atoms with Crippen molar-refractivity contribution in [2.45, 2.75) is 13.3 Å². The highest BCUT2D eigenvalue weighted by molar-refractivity contribution is 5.83. The van der Waals surface area contributed by atoms with Crippen molar-refractivity contribution in [2.24, 2.45) is 5.73 Å². The van der Waals surface area contributed by atoms with Gasteiger partial charge in [0.15, 0.2) is 0 Å². The molecule has 0 bridgehead atoms. The molecule has 1 aromatic heterocycles. The summed E-state index contributed by atoms with van der Waals surface area (Å²) < 4.78 is 0. The van der Waals surface area contributed by atoms with Crippen LogP contribution in [0, 0.1) is 0 Å². The Labute approximate surface area is 93.8 Å². The van der Waals surface area contributed by atoms with E-state index in [2.05, 4.69) is 22.5 Å². The number of aromatic nitrogens is 2. The fraction of sp³-hybridized carbons (Fsp3) is 0.167. The molecule has 1 heterocycles. The predicted molar refractivity (Wildman–Crippen MR) is 66.1 cm³/mol. The largest absolute Gasteiger partial charge is 0.405 e. The molecule has 2 rings (SSSR count). The van der Waals surface area contributed by atoms with Crippen LogP contribution in [0.4, 0.5) is 0 Å². The molecule has 0 atom stereocenters. The number of aromatic amines is 1. The second kappa shape index (κ2) is 5.70. The van der Waals surface area contributed by atoms with Crippen LogP contribution in [0.1, 0.15) is 12.6 Å². The Kier molecular flexibility index (Phi) is 4.27. The van der Waals surface area contributed by atoms with Gasteiger partial charge >= 0.3 is 0 Å². The lowest BCUT2D eigenvalue weighted by Crippen LogP contribution is -2.10. The quantitative estimate of drug-likeness (QED) is 0.761. The normalized spacial score (nSPS) is 9.31. The average molecular weight is 217 g/mol. The van der Waals surface area contributed by atoms with Gasteiger partial charge in [0.25, 0.3) is 5.56 Å². The topological polar surface area (TPSA) is 71.8 Å². The molecule has 0 aliphatic carbocycles. The molecule has 3 N–H and O–H groups in total. The van der Waals surface area contributed by atoms with Crippen LogP contribution >= 0.6 is 0 Å². The van der Waals surface area contributed by atoms with Gasteiger partial charge in [0.2, 0.25) is 0 Å². The zero-order valence-corrected chi connectivity index (χ0v) is 9.23. The minimum Gasteiger partial charge on any atom is -0.405 e. The molecule has 4 nitrogen and oxygen atoms in total. The molecule has 0 saturated heterocycles. The van der Waals surface area contributed by atoms with Gasteiger partial charge in [0.1, 0.15) is 0 Å². The van der Waals surface area contributed by atoms with Crippen molar-refractivity contribution in [3.8, 4) is 0 Å². The standard InChI is InChI=1S/C10H10N2O.C2H5N/c1-2-9-7-5-3-4-6-8(7)10(13)12-11-9;1-2-3/h3-6H,2H2,1H3,(H,12,13);2H,1,3H2. The van der Waals surface area contributed by atoms with Crippen LogP contribution in [0.25, 0.3) is 10.8 Å². The summed E-state index contributed by atoms with van der Waals surface area (Å²) in [6, 6.07) is 7.52. The molecule has 0 aliphatic rings. The van der Waals surface area contributed by atoms with E-state index in [0.717, 1.165) is 17.5 Å². The highest BCUT2D eigenvalue weighted by Crippen LogP contribution is 2.11. The van der Waals surface area contributed by atoms with E-state index >= 15 is 0 Å². The van der Waals surface area contributed by atoms with Gasteiger partial charge in [-0.05, 0) is 18.7 Å². The Morgan fingerprint density at radius 1 is 1.44 bits per heavy atom. The molecule has 0 saturated carbocycles. The highest BCUT2D eigenvalue weighted by Gasteiger charge is 2.02. The zero-order chi connectivity index (χ0) is 12.0. The van der Waals surface area contributed by atoms with Gasteiger partial charge in [-0.2, -0.15) is 5.10 Å². The summed E-state index contributed by atoms with van der Waals surface area (Å²) in [6.07, 6.45) is 2.08. The number of hydrogen-bond donors (Lipinski definition) is 2. The summed E-state index contributed by atoms with van der Waals surface area (Å²) in [4.78, 5) is 11.3. The molecule has 1 aromatic carbocycles. The van der Waals surface area contributed by atoms with Crippen molar-refractivity contribution >= 4 is 10.8 Å². The number of nitrogens with two attached hydrogens (primary N) is 1. The lowest BCUT2D eigenvalue weighted by Gasteiger charge is -2.00. The second-order valence-electron chi connectivity index (χ2n) is 3.13. The fourth-order valence-corrected chi connectivity index (χ4v) is 1.44. The van der Waals surface area contributed by atoms with Gasteiger partial charge in [-0.25, -0.2) is 5.10 Å². The maximum absolute atomic E-state index is 11.3. The van der Waals surface area contributed by atoms with E-state index < -0.39 is 0 Å². The van der Waals surface area contributed by atoms with E-state index in [1.54, 1.807) is 0 Å². The molecule has 0 spiro atoms. The van der Waals surface area contributed by atoms with Crippen molar-refractivity contribution in [3.05, 3.63) is 53.1 Å². The van der Waals surface area contributed by atoms with Gasteiger partial charge in [0, 0.05) is 5.39 Å². The maximum atomic E-state index is 11.3. The molecule has 0 fully saturated rings. The van der Waals surface area contributed by atoms with Crippen molar-refractivity contribution in [3.63, 3.8) is 0 Å². The summed E-state index contributed by atoms with van der Waals surface area (Å²) in [6.45, 7) is 5.16. The molecule has 0 aliphatic heterocycles. The van der Waals surface area contributed by atoms with Crippen LogP contribution in [0.15, 0.2) is 41.8 Å². The number of hydrogen-bond acceptors (Lipinski definition) is 3. The maximum Gasteiger partial charge on any atom is 0.272 e. The first-order valence-corrected chi connectivity index (χ1v) is 5.03. The third-order valence-electron chi connectivity index (χ3n) is 2.11. The van der Waals surface area contributed by atoms with Crippen LogP contribution in [0.3, 0.4) is 0 Å². The molecule has 0 radical (unpaired) electrons. The lowest BCUT2D eigenvalue weighted by atomic mass is 10.1. The van der Waals surface area contributed by atoms with Gasteiger partial charge in [0.05, 0.1) is 11.1 Å². The van der Waals surface area contributed by atoms with Crippen LogP contribution in [0.2, 0.25) is 0 Å². The number of nitrogens with one attached hydrogen (secondary N) is 1. The van der Waals surface area contributed by atoms with Crippen LogP contribution in [-0.2, 0) is 6.42 Å². The molecular formula is C12H15N3O. The van der Waals surface area contributed by atoms with Crippen LogP contribution in [0.5, 0.6) is 0 Å². The number of rotatable bonds is 1. The van der Waals surface area contributed by atoms with Gasteiger partial charge in [-0.15, -0.1) is 0 Å². The van der Waals surface area contributed by atoms with Gasteiger partial charge in [-0.3, -0.25) is 4.79 Å². The minimum absolute atomic E-state index is 0.118. The van der Waals surface area contributed by atoms with E-state index in [1.807, 2.05) is 31.2 Å². The third-order valence-corrected chi connectivity index (χ3v) is 2.11. The Balaban J connectivity index is 0.000000386. The SMILES string of the molecule is C=CN.CCc1n[nH]c(=O)c2ccccc12. The summed E-state index contributed by atoms with van der Waals surface area (Å²) in [7, 11) is 0. The van der Waals surface area contributed by atoms with Crippen molar-refractivity contribution < 1.29 is 0 Å². The number of fused-ring (bicyclic) bond motifs is 1. The smallest absolute Gasteiger partial charge is 0.272 e. The minimum atomic E-state index is -0.118. The van der Waals surface area contributed by atoms with Gasteiger partial charge in [-0.1, -0.05) is 31.7 Å². The van der Waals surface area contributed by atoms with Gasteiger partial charge < -0.3 is 5.73 Å². The molecule has 2 aromatic rings. The number of aryl methyl sites for hydroxylation is 1. The number of nitrogens with zero attached hydrogens (tertiary/aromatic N) is 1. The molecule has 4 heteroatoms. The highest BCUT2D eigenvalue weighted by atomic mass is 16.1. The summed E-state index contributed by atoms with van der Waals surface area (Å²) in [5.74, 6) is 0. The van der Waals surface area contributed by atoms with E-state index in [1.165, 1.54) is 6.20 Å². The Morgan fingerprint density at radius 2 is 2.00 bits per heavy atom. The molecule has 0 amide bonds. The van der Waals surface area contributed by atoms with E-state index in [0.29, 0.717) is 5.39 Å². The predicted octanol–water partition coefficient (Wildman–Crippen LogP) is 1.57. The van der Waals surface area contributed by atoms with Crippen molar-refractivity contribution in [1.82, 2.24) is 10.2 Å². The summed E-state index contributed by atoms with van der Waals surface area (Å²) >= 11 is 0. The summed E-state index contributed by atoms with van der Waals surface area (Å²) in [5, 5.41) is 8.15. The third kappa shape index (κ3) is 2.48. The van der Waals surface area contributed by atoms with Crippen LogP contribution in [-0.4, -0.2) is 10.2 Å². The average Bonchev–Trinajstić information content (AvgIpc) is 2.31. The van der Waals surface area contributed by atoms with Crippen molar-refractivity contribution in [1.29, 1.82) is 0 Å². The van der Waals surface area contributed by atoms with E-state index in [9.17, 15) is 4.79 Å². The molecular weight excluding hydrogens is 202 g/mol. The van der Waals surface area contributed by atoms with E-state index in [4.69, 9.17) is 0 Å². The lowest BCUT2D eigenvalue weighted by molar-refractivity contribution is 0.919. The second-order valence-corrected chi connectivity index (χ2v) is 3.13. The number of benzene rings is 1. The van der Waals surface area contributed by atoms with Crippen LogP contribution < -0.4 is 11.3 Å². The first kappa shape index (κ1) is 12.0.